The van der Waals surface area contributed by atoms with E-state index in [1.54, 1.807) is 0 Å². The summed E-state index contributed by atoms with van der Waals surface area (Å²) in [5.41, 5.74) is 5.28. The highest BCUT2D eigenvalue weighted by Crippen LogP contribution is 1.69. The van der Waals surface area contributed by atoms with Gasteiger partial charge in [0.1, 0.15) is 6.54 Å². The Balaban J connectivity index is 3.01. The molecule has 54 valence electrons. The molecule has 0 aliphatic heterocycles. The first-order valence-electron chi connectivity index (χ1n) is 2.83. The Morgan fingerprint density at radius 2 is 2.22 bits per heavy atom. The van der Waals surface area contributed by atoms with E-state index in [1.807, 2.05) is 13.8 Å². The number of nitrogens with one attached hydrogen (secondary N) is 2. The Morgan fingerprint density at radius 1 is 1.67 bits per heavy atom. The second kappa shape index (κ2) is 4.29. The summed E-state index contributed by atoms with van der Waals surface area (Å²) < 4.78 is 0. The normalized spacial score (nSPS) is 10.1. The molecule has 9 heavy (non-hydrogen) atoms. The quantitative estimate of drug-likeness (QED) is 0.454. The van der Waals surface area contributed by atoms with Crippen LogP contribution in [0, 0.1) is 0 Å². The predicted molar refractivity (Wildman–Crippen MR) is 33.9 cm³/mol. The van der Waals surface area contributed by atoms with E-state index in [4.69, 9.17) is 5.11 Å². The summed E-state index contributed by atoms with van der Waals surface area (Å²) in [6.07, 6.45) is 0. The molecule has 0 saturated heterocycles. The highest BCUT2D eigenvalue weighted by molar-refractivity contribution is 5.68. The number of carbonyl (C=O) groups is 1. The number of hydrogen-bond acceptors (Lipinski definition) is 3. The first-order chi connectivity index (χ1) is 4.13. The minimum Gasteiger partial charge on any atom is -0.480 e. The van der Waals surface area contributed by atoms with Crippen LogP contribution in [-0.4, -0.2) is 23.7 Å². The number of carboxylic acids is 1. The molecule has 0 aliphatic rings. The first kappa shape index (κ1) is 8.39. The predicted octanol–water partition coefficient (Wildman–Crippen LogP) is -0.426. The Bertz CT molecular complexity index is 93.0. The molecular formula is C5H12N2O2. The Hall–Kier alpha value is -0.610. The average Bonchev–Trinajstić information content (AvgIpc) is 1.63. The molecule has 0 atom stereocenters. The highest BCUT2D eigenvalue weighted by atomic mass is 16.4. The molecule has 0 heterocycles. The van der Waals surface area contributed by atoms with Crippen molar-refractivity contribution in [1.29, 1.82) is 0 Å². The van der Waals surface area contributed by atoms with Crippen LogP contribution in [0.5, 0.6) is 0 Å². The van der Waals surface area contributed by atoms with Crippen molar-refractivity contribution in [3.63, 3.8) is 0 Å². The smallest absolute Gasteiger partial charge is 0.318 e. The van der Waals surface area contributed by atoms with Gasteiger partial charge in [-0.2, -0.15) is 0 Å². The van der Waals surface area contributed by atoms with Gasteiger partial charge in [-0.25, -0.2) is 5.43 Å². The summed E-state index contributed by atoms with van der Waals surface area (Å²) in [4.78, 5) is 9.88. The van der Waals surface area contributed by atoms with E-state index in [0.29, 0.717) is 0 Å². The molecule has 0 rings (SSSR count). The highest BCUT2D eigenvalue weighted by Gasteiger charge is 1.94. The van der Waals surface area contributed by atoms with Gasteiger partial charge in [0, 0.05) is 6.04 Å². The van der Waals surface area contributed by atoms with Crippen molar-refractivity contribution in [3.05, 3.63) is 0 Å². The van der Waals surface area contributed by atoms with Crippen LogP contribution in [-0.2, 0) is 4.79 Å². The van der Waals surface area contributed by atoms with Crippen LogP contribution in [0.1, 0.15) is 13.8 Å². The summed E-state index contributed by atoms with van der Waals surface area (Å²) in [6, 6.07) is 0.268. The molecule has 0 unspecified atom stereocenters. The SMILES string of the molecule is CC(C)NNCC(=O)O. The van der Waals surface area contributed by atoms with Crippen LogP contribution in [0.4, 0.5) is 0 Å². The van der Waals surface area contributed by atoms with Crippen LogP contribution in [0.15, 0.2) is 0 Å². The molecule has 0 aromatic rings. The number of aliphatic carboxylic acids is 1. The average molecular weight is 132 g/mol. The van der Waals surface area contributed by atoms with E-state index in [-0.39, 0.29) is 12.6 Å². The second-order valence-corrected chi connectivity index (χ2v) is 2.05. The van der Waals surface area contributed by atoms with E-state index in [2.05, 4.69) is 10.9 Å². The van der Waals surface area contributed by atoms with E-state index < -0.39 is 5.97 Å². The third kappa shape index (κ3) is 7.39. The molecular weight excluding hydrogens is 120 g/mol. The Kier molecular flexibility index (Phi) is 4.00. The first-order valence-corrected chi connectivity index (χ1v) is 2.83. The van der Waals surface area contributed by atoms with Gasteiger partial charge in [-0.05, 0) is 13.8 Å². The third-order valence-corrected chi connectivity index (χ3v) is 0.630. The summed E-state index contributed by atoms with van der Waals surface area (Å²) in [5, 5.41) is 8.12. The van der Waals surface area contributed by atoms with Gasteiger partial charge in [0.05, 0.1) is 0 Å². The lowest BCUT2D eigenvalue weighted by atomic mass is 10.4. The van der Waals surface area contributed by atoms with Gasteiger partial charge < -0.3 is 5.11 Å². The van der Waals surface area contributed by atoms with Gasteiger partial charge in [-0.15, -0.1) is 0 Å². The van der Waals surface area contributed by atoms with Gasteiger partial charge in [0.15, 0.2) is 0 Å². The molecule has 3 N–H and O–H groups in total. The minimum absolute atomic E-state index is 0.0435. The molecule has 0 aliphatic carbocycles. The van der Waals surface area contributed by atoms with E-state index in [9.17, 15) is 4.79 Å². The van der Waals surface area contributed by atoms with Crippen molar-refractivity contribution < 1.29 is 9.90 Å². The fraction of sp³-hybridized carbons (Fsp3) is 0.800. The summed E-state index contributed by atoms with van der Waals surface area (Å²) in [6.45, 7) is 3.81. The van der Waals surface area contributed by atoms with Crippen molar-refractivity contribution in [2.24, 2.45) is 0 Å². The molecule has 4 heteroatoms. The number of carboxylic acid groups (broad SMARTS) is 1. The largest absolute Gasteiger partial charge is 0.480 e. The van der Waals surface area contributed by atoms with Crippen LogP contribution in [0.3, 0.4) is 0 Å². The molecule has 0 amide bonds. The van der Waals surface area contributed by atoms with Crippen LogP contribution >= 0.6 is 0 Å². The lowest BCUT2D eigenvalue weighted by molar-refractivity contribution is -0.136. The maximum atomic E-state index is 9.88. The minimum atomic E-state index is -0.858. The van der Waals surface area contributed by atoms with Crippen molar-refractivity contribution in [3.8, 4) is 0 Å². The number of rotatable bonds is 4. The zero-order chi connectivity index (χ0) is 7.28. The van der Waals surface area contributed by atoms with E-state index >= 15 is 0 Å². The zero-order valence-corrected chi connectivity index (χ0v) is 5.64. The second-order valence-electron chi connectivity index (χ2n) is 2.05. The molecule has 0 radical (unpaired) electrons. The Morgan fingerprint density at radius 3 is 2.56 bits per heavy atom. The van der Waals surface area contributed by atoms with Gasteiger partial charge >= 0.3 is 5.97 Å². The zero-order valence-electron chi connectivity index (χ0n) is 5.64. The molecule has 0 spiro atoms. The lowest BCUT2D eigenvalue weighted by Gasteiger charge is -2.06. The van der Waals surface area contributed by atoms with Crippen molar-refractivity contribution in [2.75, 3.05) is 6.54 Å². The fourth-order valence-electron chi connectivity index (χ4n) is 0.331. The number of hydrazine groups is 1. The third-order valence-electron chi connectivity index (χ3n) is 0.630. The van der Waals surface area contributed by atoms with E-state index in [0.717, 1.165) is 0 Å². The molecule has 4 nitrogen and oxygen atoms in total. The standard InChI is InChI=1S/C5H12N2O2/c1-4(2)7-6-3-5(8)9/h4,6-7H,3H2,1-2H3,(H,8,9). The lowest BCUT2D eigenvalue weighted by Crippen LogP contribution is -2.40. The summed E-state index contributed by atoms with van der Waals surface area (Å²) in [7, 11) is 0. The van der Waals surface area contributed by atoms with E-state index in [1.165, 1.54) is 0 Å². The molecule has 0 fully saturated rings. The van der Waals surface area contributed by atoms with Crippen molar-refractivity contribution in [2.45, 2.75) is 19.9 Å². The van der Waals surface area contributed by atoms with Gasteiger partial charge in [0.2, 0.25) is 0 Å². The van der Waals surface area contributed by atoms with Gasteiger partial charge in [0.25, 0.3) is 0 Å². The molecule has 0 bridgehead atoms. The Labute approximate surface area is 54.2 Å². The number of hydrogen-bond donors (Lipinski definition) is 3. The van der Waals surface area contributed by atoms with Gasteiger partial charge in [-0.1, -0.05) is 0 Å². The monoisotopic (exact) mass is 132 g/mol. The van der Waals surface area contributed by atoms with Crippen LogP contribution in [0.25, 0.3) is 0 Å². The van der Waals surface area contributed by atoms with Crippen molar-refractivity contribution >= 4 is 5.97 Å². The van der Waals surface area contributed by atoms with Gasteiger partial charge in [-0.3, -0.25) is 10.2 Å². The molecule has 0 saturated carbocycles. The van der Waals surface area contributed by atoms with Crippen LogP contribution < -0.4 is 10.9 Å². The molecule has 0 aromatic carbocycles. The molecule has 0 aromatic heterocycles. The topological polar surface area (TPSA) is 61.4 Å². The fourth-order valence-corrected chi connectivity index (χ4v) is 0.331. The maximum absolute atomic E-state index is 9.88. The maximum Gasteiger partial charge on any atom is 0.318 e. The summed E-state index contributed by atoms with van der Waals surface area (Å²) in [5.74, 6) is -0.858. The van der Waals surface area contributed by atoms with Crippen molar-refractivity contribution in [1.82, 2.24) is 10.9 Å². The summed E-state index contributed by atoms with van der Waals surface area (Å²) >= 11 is 0. The van der Waals surface area contributed by atoms with Crippen LogP contribution in [0.2, 0.25) is 0 Å².